The summed E-state index contributed by atoms with van der Waals surface area (Å²) < 4.78 is 5.61. The minimum Gasteiger partial charge on any atom is -0.494 e. The monoisotopic (exact) mass is 236 g/mol. The van der Waals surface area contributed by atoms with Gasteiger partial charge in [-0.05, 0) is 31.0 Å². The number of benzene rings is 1. The van der Waals surface area contributed by atoms with Gasteiger partial charge in [0.05, 0.1) is 6.61 Å². The van der Waals surface area contributed by atoms with Crippen LogP contribution >= 0.6 is 0 Å². The van der Waals surface area contributed by atoms with E-state index in [1.165, 1.54) is 12.0 Å². The number of hydrogen-bond donors (Lipinski definition) is 2. The lowest BCUT2D eigenvalue weighted by Gasteiger charge is -2.11. The summed E-state index contributed by atoms with van der Waals surface area (Å²) >= 11 is 0. The highest BCUT2D eigenvalue weighted by Crippen LogP contribution is 2.12. The van der Waals surface area contributed by atoms with Crippen LogP contribution in [-0.2, 0) is 6.54 Å². The van der Waals surface area contributed by atoms with Crippen molar-refractivity contribution in [1.82, 2.24) is 5.32 Å². The van der Waals surface area contributed by atoms with Crippen molar-refractivity contribution in [1.29, 1.82) is 0 Å². The molecule has 0 amide bonds. The first kappa shape index (κ1) is 14.0. The molecule has 0 aromatic heterocycles. The largest absolute Gasteiger partial charge is 0.494 e. The van der Waals surface area contributed by atoms with Crippen molar-refractivity contribution in [3.8, 4) is 5.75 Å². The molecule has 0 heterocycles. The number of hydrogen-bond acceptors (Lipinski definition) is 3. The van der Waals surface area contributed by atoms with Crippen LogP contribution in [-0.4, -0.2) is 19.2 Å². The van der Waals surface area contributed by atoms with Crippen LogP contribution < -0.4 is 15.8 Å². The van der Waals surface area contributed by atoms with Crippen LogP contribution in [0, 0.1) is 0 Å². The summed E-state index contributed by atoms with van der Waals surface area (Å²) in [5, 5.41) is 3.35. The average molecular weight is 236 g/mol. The second kappa shape index (κ2) is 8.09. The van der Waals surface area contributed by atoms with Gasteiger partial charge in [0.2, 0.25) is 0 Å². The van der Waals surface area contributed by atoms with Crippen molar-refractivity contribution in [2.75, 3.05) is 13.2 Å². The highest BCUT2D eigenvalue weighted by molar-refractivity contribution is 5.27. The average Bonchev–Trinajstić information content (AvgIpc) is 2.37. The number of nitrogens with one attached hydrogen (secondary N) is 1. The molecule has 3 heteroatoms. The fourth-order valence-corrected chi connectivity index (χ4v) is 1.41. The highest BCUT2D eigenvalue weighted by Gasteiger charge is 1.99. The summed E-state index contributed by atoms with van der Waals surface area (Å²) in [5.74, 6) is 0.953. The summed E-state index contributed by atoms with van der Waals surface area (Å²) in [6.07, 6.45) is 2.27. The third-order valence-corrected chi connectivity index (χ3v) is 2.70. The van der Waals surface area contributed by atoms with E-state index in [0.29, 0.717) is 12.6 Å². The van der Waals surface area contributed by atoms with Gasteiger partial charge in [-0.2, -0.15) is 0 Å². The third-order valence-electron chi connectivity index (χ3n) is 2.70. The van der Waals surface area contributed by atoms with Crippen molar-refractivity contribution in [2.24, 2.45) is 5.73 Å². The first-order valence-electron chi connectivity index (χ1n) is 6.41. The maximum Gasteiger partial charge on any atom is 0.119 e. The molecule has 0 radical (unpaired) electrons. The molecule has 1 rings (SSSR count). The predicted octanol–water partition coefficient (Wildman–Crippen LogP) is 2.30. The molecule has 0 fully saturated rings. The first-order chi connectivity index (χ1) is 8.26. The van der Waals surface area contributed by atoms with Gasteiger partial charge in [0.25, 0.3) is 0 Å². The van der Waals surface area contributed by atoms with E-state index in [-0.39, 0.29) is 0 Å². The molecule has 0 saturated heterocycles. The molecule has 3 nitrogen and oxygen atoms in total. The zero-order valence-corrected chi connectivity index (χ0v) is 10.9. The molecular formula is C14H24N2O. The lowest BCUT2D eigenvalue weighted by molar-refractivity contribution is 0.309. The van der Waals surface area contributed by atoms with Gasteiger partial charge in [0.1, 0.15) is 5.75 Å². The highest BCUT2D eigenvalue weighted by atomic mass is 16.5. The number of rotatable bonds is 8. The Bertz CT molecular complexity index is 298. The van der Waals surface area contributed by atoms with Crippen molar-refractivity contribution < 1.29 is 4.74 Å². The van der Waals surface area contributed by atoms with E-state index >= 15 is 0 Å². The fourth-order valence-electron chi connectivity index (χ4n) is 1.41. The van der Waals surface area contributed by atoms with Gasteiger partial charge in [-0.25, -0.2) is 0 Å². The van der Waals surface area contributed by atoms with Crippen molar-refractivity contribution in [3.05, 3.63) is 29.8 Å². The molecule has 96 valence electrons. The van der Waals surface area contributed by atoms with Crippen LogP contribution in [0.25, 0.3) is 0 Å². The molecule has 0 aliphatic rings. The maximum absolute atomic E-state index is 5.61. The van der Waals surface area contributed by atoms with Gasteiger partial charge in [-0.1, -0.05) is 25.5 Å². The van der Waals surface area contributed by atoms with Crippen LogP contribution in [0.15, 0.2) is 24.3 Å². The molecule has 1 atom stereocenters. The lowest BCUT2D eigenvalue weighted by Crippen LogP contribution is -2.32. The van der Waals surface area contributed by atoms with Gasteiger partial charge in [-0.3, -0.25) is 0 Å². The molecule has 0 spiro atoms. The Morgan fingerprint density at radius 2 is 2.00 bits per heavy atom. The van der Waals surface area contributed by atoms with Crippen molar-refractivity contribution in [3.63, 3.8) is 0 Å². The Kier molecular flexibility index (Phi) is 6.67. The maximum atomic E-state index is 5.61. The van der Waals surface area contributed by atoms with Crippen molar-refractivity contribution >= 4 is 0 Å². The minimum absolute atomic E-state index is 0.357. The van der Waals surface area contributed by atoms with Crippen LogP contribution in [0.5, 0.6) is 5.75 Å². The van der Waals surface area contributed by atoms with E-state index in [0.717, 1.165) is 25.3 Å². The quantitative estimate of drug-likeness (QED) is 0.681. The number of unbranched alkanes of at least 4 members (excludes halogenated alkanes) is 1. The Balaban J connectivity index is 2.34. The number of ether oxygens (including phenoxy) is 1. The first-order valence-corrected chi connectivity index (χ1v) is 6.41. The number of nitrogens with two attached hydrogens (primary N) is 1. The summed E-state index contributed by atoms with van der Waals surface area (Å²) in [5.41, 5.74) is 6.80. The molecular weight excluding hydrogens is 212 g/mol. The SMILES string of the molecule is CCCCOc1ccc(CNC(C)CN)cc1. The minimum atomic E-state index is 0.357. The van der Waals surface area contributed by atoms with Crippen LogP contribution in [0.1, 0.15) is 32.3 Å². The van der Waals surface area contributed by atoms with Crippen LogP contribution in [0.4, 0.5) is 0 Å². The zero-order chi connectivity index (χ0) is 12.5. The molecule has 1 aromatic rings. The molecule has 3 N–H and O–H groups in total. The second-order valence-electron chi connectivity index (χ2n) is 4.36. The summed E-state index contributed by atoms with van der Waals surface area (Å²) in [6, 6.07) is 8.60. The molecule has 0 aliphatic heterocycles. The Hall–Kier alpha value is -1.06. The van der Waals surface area contributed by atoms with Gasteiger partial charge >= 0.3 is 0 Å². The van der Waals surface area contributed by atoms with Crippen molar-refractivity contribution in [2.45, 2.75) is 39.3 Å². The predicted molar refractivity (Wildman–Crippen MR) is 72.2 cm³/mol. The van der Waals surface area contributed by atoms with Gasteiger partial charge in [-0.15, -0.1) is 0 Å². The molecule has 0 aliphatic carbocycles. The molecule has 1 unspecified atom stereocenters. The topological polar surface area (TPSA) is 47.3 Å². The van der Waals surface area contributed by atoms with E-state index in [1.807, 2.05) is 12.1 Å². The molecule has 0 saturated carbocycles. The van der Waals surface area contributed by atoms with Gasteiger partial charge in [0.15, 0.2) is 0 Å². The normalized spacial score (nSPS) is 12.4. The summed E-state index contributed by atoms with van der Waals surface area (Å²) in [6.45, 7) is 6.57. The Morgan fingerprint density at radius 3 is 2.59 bits per heavy atom. The summed E-state index contributed by atoms with van der Waals surface area (Å²) in [4.78, 5) is 0. The van der Waals surface area contributed by atoms with Crippen LogP contribution in [0.2, 0.25) is 0 Å². The third kappa shape index (κ3) is 5.71. The molecule has 1 aromatic carbocycles. The van der Waals surface area contributed by atoms with E-state index in [1.54, 1.807) is 0 Å². The second-order valence-corrected chi connectivity index (χ2v) is 4.36. The standard InChI is InChI=1S/C14H24N2O/c1-3-4-9-17-14-7-5-13(6-8-14)11-16-12(2)10-15/h5-8,12,16H,3-4,9-11,15H2,1-2H3. The molecule has 0 bridgehead atoms. The summed E-state index contributed by atoms with van der Waals surface area (Å²) in [7, 11) is 0. The van der Waals surface area contributed by atoms with E-state index < -0.39 is 0 Å². The smallest absolute Gasteiger partial charge is 0.119 e. The molecule has 17 heavy (non-hydrogen) atoms. The lowest BCUT2D eigenvalue weighted by atomic mass is 10.2. The zero-order valence-electron chi connectivity index (χ0n) is 10.9. The van der Waals surface area contributed by atoms with Crippen LogP contribution in [0.3, 0.4) is 0 Å². The Labute approximate surface area is 104 Å². The van der Waals surface area contributed by atoms with E-state index in [9.17, 15) is 0 Å². The fraction of sp³-hybridized carbons (Fsp3) is 0.571. The van der Waals surface area contributed by atoms with E-state index in [2.05, 4.69) is 31.3 Å². The van der Waals surface area contributed by atoms with E-state index in [4.69, 9.17) is 10.5 Å². The van der Waals surface area contributed by atoms with Gasteiger partial charge < -0.3 is 15.8 Å². The Morgan fingerprint density at radius 1 is 1.29 bits per heavy atom. The van der Waals surface area contributed by atoms with Gasteiger partial charge in [0, 0.05) is 19.1 Å².